The molecule has 1 aliphatic carbocycles. The van der Waals surface area contributed by atoms with Gasteiger partial charge in [0.25, 0.3) is 0 Å². The van der Waals surface area contributed by atoms with Crippen molar-refractivity contribution < 1.29 is 0 Å². The van der Waals surface area contributed by atoms with Gasteiger partial charge in [-0.05, 0) is 25.7 Å². The van der Waals surface area contributed by atoms with Gasteiger partial charge in [-0.25, -0.2) is 9.97 Å². The molecule has 3 N–H and O–H groups in total. The van der Waals surface area contributed by atoms with Gasteiger partial charge in [0.05, 0.1) is 6.54 Å². The molecule has 2 aromatic rings. The highest BCUT2D eigenvalue weighted by atomic mass is 35.5. The lowest BCUT2D eigenvalue weighted by Crippen LogP contribution is -2.35. The maximum atomic E-state index is 5.87. The molecule has 1 fully saturated rings. The van der Waals surface area contributed by atoms with E-state index in [2.05, 4.69) is 30.0 Å². The van der Waals surface area contributed by atoms with E-state index in [4.69, 9.17) is 5.73 Å². The quantitative estimate of drug-likeness (QED) is 0.838. The molecule has 7 nitrogen and oxygen atoms in total. The van der Waals surface area contributed by atoms with Crippen LogP contribution in [0, 0.1) is 0 Å². The summed E-state index contributed by atoms with van der Waals surface area (Å²) in [6.07, 6.45) is 8.40. The first-order chi connectivity index (χ1) is 11.3. The molecule has 2 aromatic heterocycles. The summed E-state index contributed by atoms with van der Waals surface area (Å²) in [6.45, 7) is 1.67. The van der Waals surface area contributed by atoms with Crippen molar-refractivity contribution in [3.63, 3.8) is 0 Å². The predicted octanol–water partition coefficient (Wildman–Crippen LogP) is 2.45. The lowest BCUT2D eigenvalue weighted by Gasteiger charge is -2.31. The molecule has 2 aliphatic rings. The number of aromatic nitrogens is 5. The van der Waals surface area contributed by atoms with Gasteiger partial charge in [-0.1, -0.05) is 6.42 Å². The Bertz CT molecular complexity index is 685. The molecule has 0 bridgehead atoms. The average Bonchev–Trinajstić information content (AvgIpc) is 2.77. The number of fused-ring (bicyclic) bond motifs is 1. The van der Waals surface area contributed by atoms with Crippen LogP contribution in [-0.2, 0) is 19.5 Å². The Kier molecular flexibility index (Phi) is 6.98. The molecule has 1 aliphatic heterocycles. The summed E-state index contributed by atoms with van der Waals surface area (Å²) in [5, 5.41) is 12.0. The first-order valence-electron chi connectivity index (χ1n) is 8.52. The van der Waals surface area contributed by atoms with Crippen LogP contribution < -0.4 is 11.1 Å². The minimum atomic E-state index is 0. The summed E-state index contributed by atoms with van der Waals surface area (Å²) in [5.74, 6) is 3.44. The van der Waals surface area contributed by atoms with E-state index < -0.39 is 0 Å². The molecule has 3 heterocycles. The fraction of sp³-hybridized carbons (Fsp3) is 0.625. The largest absolute Gasteiger partial charge is 0.363 e. The first kappa shape index (κ1) is 19.9. The van der Waals surface area contributed by atoms with Crippen LogP contribution in [0.4, 0.5) is 5.82 Å². The number of nitrogens with two attached hydrogens (primary N) is 1. The number of hydrogen-bond donors (Lipinski definition) is 2. The van der Waals surface area contributed by atoms with Gasteiger partial charge in [-0.2, -0.15) is 0 Å². The SMILES string of the molecule is Cl.Cl.NC1CC(c2cc(NCc3nnc4n3CCCCC4)ncn2)C1. The highest BCUT2D eigenvalue weighted by Gasteiger charge is 2.28. The zero-order valence-electron chi connectivity index (χ0n) is 14.1. The van der Waals surface area contributed by atoms with E-state index in [-0.39, 0.29) is 24.8 Å². The van der Waals surface area contributed by atoms with Crippen LogP contribution in [0.1, 0.15) is 55.4 Å². The van der Waals surface area contributed by atoms with Crippen LogP contribution >= 0.6 is 24.8 Å². The van der Waals surface area contributed by atoms with Gasteiger partial charge >= 0.3 is 0 Å². The molecular formula is C16H25Cl2N7. The maximum absolute atomic E-state index is 5.87. The van der Waals surface area contributed by atoms with Gasteiger partial charge < -0.3 is 15.6 Å². The normalized spacial score (nSPS) is 21.8. The standard InChI is InChI=1S/C16H23N7.2ClH/c17-12-6-11(7-12)13-8-14(20-10-19-13)18-9-16-22-21-15-4-2-1-3-5-23(15)16;;/h8,10-12H,1-7,9,17H2,(H,18,19,20);2*1H. The Morgan fingerprint density at radius 1 is 1.12 bits per heavy atom. The topological polar surface area (TPSA) is 94.5 Å². The molecule has 0 unspecified atom stereocenters. The summed E-state index contributed by atoms with van der Waals surface area (Å²) in [6, 6.07) is 2.37. The molecule has 4 rings (SSSR count). The van der Waals surface area contributed by atoms with Gasteiger partial charge in [0.15, 0.2) is 5.82 Å². The van der Waals surface area contributed by atoms with E-state index in [1.807, 2.05) is 6.07 Å². The second-order valence-electron chi connectivity index (χ2n) is 6.60. The molecule has 0 radical (unpaired) electrons. The van der Waals surface area contributed by atoms with E-state index in [1.165, 1.54) is 19.3 Å². The molecule has 0 atom stereocenters. The first-order valence-corrected chi connectivity index (χ1v) is 8.52. The highest BCUT2D eigenvalue weighted by Crippen LogP contribution is 2.34. The second kappa shape index (κ2) is 8.78. The van der Waals surface area contributed by atoms with Crippen molar-refractivity contribution in [2.75, 3.05) is 5.32 Å². The van der Waals surface area contributed by atoms with Gasteiger partial charge in [-0.15, -0.1) is 35.0 Å². The molecule has 0 saturated heterocycles. The minimum Gasteiger partial charge on any atom is -0.363 e. The van der Waals surface area contributed by atoms with Crippen LogP contribution in [0.5, 0.6) is 0 Å². The number of halogens is 2. The molecule has 138 valence electrons. The van der Waals surface area contributed by atoms with E-state index in [9.17, 15) is 0 Å². The van der Waals surface area contributed by atoms with Crippen LogP contribution in [0.25, 0.3) is 0 Å². The Morgan fingerprint density at radius 3 is 2.76 bits per heavy atom. The van der Waals surface area contributed by atoms with Gasteiger partial charge in [0, 0.05) is 36.7 Å². The molecule has 25 heavy (non-hydrogen) atoms. The third-order valence-corrected chi connectivity index (χ3v) is 4.89. The number of rotatable bonds is 4. The van der Waals surface area contributed by atoms with Crippen molar-refractivity contribution in [2.24, 2.45) is 5.73 Å². The zero-order chi connectivity index (χ0) is 15.6. The fourth-order valence-electron chi connectivity index (χ4n) is 3.44. The number of aryl methyl sites for hydroxylation is 1. The molecule has 1 saturated carbocycles. The smallest absolute Gasteiger partial charge is 0.152 e. The van der Waals surface area contributed by atoms with Crippen molar-refractivity contribution in [1.29, 1.82) is 0 Å². The van der Waals surface area contributed by atoms with Crippen molar-refractivity contribution >= 4 is 30.6 Å². The lowest BCUT2D eigenvalue weighted by atomic mass is 9.79. The monoisotopic (exact) mass is 385 g/mol. The van der Waals surface area contributed by atoms with Crippen LogP contribution in [0.3, 0.4) is 0 Å². The average molecular weight is 386 g/mol. The summed E-state index contributed by atoms with van der Waals surface area (Å²) < 4.78 is 2.26. The fourth-order valence-corrected chi connectivity index (χ4v) is 3.44. The summed E-state index contributed by atoms with van der Waals surface area (Å²) in [4.78, 5) is 8.70. The summed E-state index contributed by atoms with van der Waals surface area (Å²) >= 11 is 0. The Labute approximate surface area is 160 Å². The minimum absolute atomic E-state index is 0. The van der Waals surface area contributed by atoms with Gasteiger partial charge in [-0.3, -0.25) is 0 Å². The Balaban J connectivity index is 0.00000113. The molecule has 0 amide bonds. The van der Waals surface area contributed by atoms with Crippen molar-refractivity contribution in [2.45, 2.75) is 63.6 Å². The van der Waals surface area contributed by atoms with E-state index in [0.29, 0.717) is 18.5 Å². The van der Waals surface area contributed by atoms with Crippen LogP contribution in [0.2, 0.25) is 0 Å². The Hall–Kier alpha value is -1.44. The van der Waals surface area contributed by atoms with Gasteiger partial charge in [0.1, 0.15) is 18.0 Å². The Morgan fingerprint density at radius 2 is 1.96 bits per heavy atom. The van der Waals surface area contributed by atoms with Crippen molar-refractivity contribution in [3.8, 4) is 0 Å². The molecule has 0 spiro atoms. The number of hydrogen-bond acceptors (Lipinski definition) is 6. The third-order valence-electron chi connectivity index (χ3n) is 4.89. The summed E-state index contributed by atoms with van der Waals surface area (Å²) in [7, 11) is 0. The second-order valence-corrected chi connectivity index (χ2v) is 6.60. The van der Waals surface area contributed by atoms with Crippen molar-refractivity contribution in [3.05, 3.63) is 29.7 Å². The number of nitrogens with zero attached hydrogens (tertiary/aromatic N) is 5. The van der Waals surface area contributed by atoms with E-state index in [0.717, 1.165) is 49.0 Å². The molecular weight excluding hydrogens is 361 g/mol. The van der Waals surface area contributed by atoms with Crippen LogP contribution in [-0.4, -0.2) is 30.8 Å². The molecule has 9 heteroatoms. The number of nitrogens with one attached hydrogen (secondary N) is 1. The van der Waals surface area contributed by atoms with Gasteiger partial charge in [0.2, 0.25) is 0 Å². The van der Waals surface area contributed by atoms with Crippen LogP contribution in [0.15, 0.2) is 12.4 Å². The third kappa shape index (κ3) is 4.40. The van der Waals surface area contributed by atoms with E-state index in [1.54, 1.807) is 6.33 Å². The van der Waals surface area contributed by atoms with E-state index >= 15 is 0 Å². The maximum Gasteiger partial charge on any atom is 0.152 e. The summed E-state index contributed by atoms with van der Waals surface area (Å²) in [5.41, 5.74) is 6.95. The highest BCUT2D eigenvalue weighted by molar-refractivity contribution is 5.85. The lowest BCUT2D eigenvalue weighted by molar-refractivity contribution is 0.345. The predicted molar refractivity (Wildman–Crippen MR) is 101 cm³/mol. The molecule has 0 aromatic carbocycles. The zero-order valence-corrected chi connectivity index (χ0v) is 15.7. The van der Waals surface area contributed by atoms with Crippen molar-refractivity contribution in [1.82, 2.24) is 24.7 Å². The number of anilines is 1.